The third kappa shape index (κ3) is 4.23. The molecule has 1 aliphatic rings. The summed E-state index contributed by atoms with van der Waals surface area (Å²) >= 11 is 1.21. The number of phenolic OH excluding ortho intramolecular Hbond substituents is 1. The van der Waals surface area contributed by atoms with Gasteiger partial charge in [-0.2, -0.15) is 0 Å². The van der Waals surface area contributed by atoms with Crippen LogP contribution in [0.4, 0.5) is 5.69 Å². The number of amides is 1. The maximum atomic E-state index is 13.7. The van der Waals surface area contributed by atoms with E-state index in [-0.39, 0.29) is 17.2 Å². The maximum Gasteiger partial charge on any atom is 0.271 e. The fourth-order valence-corrected chi connectivity index (χ4v) is 5.28. The molecule has 0 saturated heterocycles. The SMILES string of the molecule is COc1cccc(/C=c2/sc3n(c2=O)[C@@H](c2ccccc2)C(C(=O)Nc2ccccc2)=C(C)N=3)c1O. The summed E-state index contributed by atoms with van der Waals surface area (Å²) < 4.78 is 7.13. The Morgan fingerprint density at radius 2 is 1.75 bits per heavy atom. The van der Waals surface area contributed by atoms with Crippen LogP contribution in [0.25, 0.3) is 6.08 Å². The summed E-state index contributed by atoms with van der Waals surface area (Å²) in [4.78, 5) is 32.3. The van der Waals surface area contributed by atoms with Gasteiger partial charge in [-0.15, -0.1) is 0 Å². The molecule has 3 aromatic carbocycles. The number of nitrogens with one attached hydrogen (secondary N) is 1. The van der Waals surface area contributed by atoms with E-state index in [4.69, 9.17) is 4.74 Å². The Hall–Kier alpha value is -4.43. The number of thiazole rings is 1. The molecule has 0 aliphatic carbocycles. The largest absolute Gasteiger partial charge is 0.504 e. The predicted octanol–water partition coefficient (Wildman–Crippen LogP) is 3.59. The summed E-state index contributed by atoms with van der Waals surface area (Å²) in [6.45, 7) is 1.78. The summed E-state index contributed by atoms with van der Waals surface area (Å²) in [5.41, 5.74) is 2.53. The topological polar surface area (TPSA) is 92.9 Å². The molecule has 8 heteroatoms. The quantitative estimate of drug-likeness (QED) is 0.441. The molecule has 0 radical (unpaired) electrons. The number of allylic oxidation sites excluding steroid dienone is 1. The van der Waals surface area contributed by atoms with Crippen molar-refractivity contribution in [1.29, 1.82) is 0 Å². The van der Waals surface area contributed by atoms with E-state index in [2.05, 4.69) is 10.3 Å². The van der Waals surface area contributed by atoms with Gasteiger partial charge >= 0.3 is 0 Å². The van der Waals surface area contributed by atoms with Gasteiger partial charge in [0.05, 0.1) is 29.0 Å². The second-order valence-corrected chi connectivity index (χ2v) is 9.22. The van der Waals surface area contributed by atoms with Gasteiger partial charge in [0.2, 0.25) is 0 Å². The van der Waals surface area contributed by atoms with Gasteiger partial charge in [-0.1, -0.05) is 72.0 Å². The van der Waals surface area contributed by atoms with Crippen molar-refractivity contribution in [3.05, 3.63) is 121 Å². The average Bonchev–Trinajstić information content (AvgIpc) is 3.19. The van der Waals surface area contributed by atoms with Crippen molar-refractivity contribution >= 4 is 29.0 Å². The molecular formula is C28H23N3O4S. The average molecular weight is 498 g/mol. The van der Waals surface area contributed by atoms with Gasteiger partial charge in [0.25, 0.3) is 11.5 Å². The fraction of sp³-hybridized carbons (Fsp3) is 0.107. The van der Waals surface area contributed by atoms with Crippen LogP contribution in [-0.2, 0) is 4.79 Å². The lowest BCUT2D eigenvalue weighted by atomic mass is 9.95. The lowest BCUT2D eigenvalue weighted by Crippen LogP contribution is -2.40. The maximum absolute atomic E-state index is 13.7. The van der Waals surface area contributed by atoms with E-state index in [9.17, 15) is 14.7 Å². The Morgan fingerprint density at radius 1 is 1.06 bits per heavy atom. The second-order valence-electron chi connectivity index (χ2n) is 8.21. The third-order valence-electron chi connectivity index (χ3n) is 5.95. The number of para-hydroxylation sites is 2. The standard InChI is InChI=1S/C28H23N3O4S/c1-17-23(26(33)30-20-13-7-4-8-14-20)24(18-10-5-3-6-11-18)31-27(34)22(36-28(31)29-17)16-19-12-9-15-21(35-2)25(19)32/h3-16,24,32H,1-2H3,(H,30,33)/b22-16+/t24-/m0/s1. The molecule has 1 aromatic heterocycles. The van der Waals surface area contributed by atoms with Crippen LogP contribution in [0.2, 0.25) is 0 Å². The van der Waals surface area contributed by atoms with Gasteiger partial charge in [0.1, 0.15) is 0 Å². The van der Waals surface area contributed by atoms with Gasteiger partial charge in [-0.3, -0.25) is 14.2 Å². The molecule has 180 valence electrons. The van der Waals surface area contributed by atoms with Crippen molar-refractivity contribution in [2.75, 3.05) is 12.4 Å². The number of hydrogen-bond acceptors (Lipinski definition) is 6. The van der Waals surface area contributed by atoms with Crippen LogP contribution in [0, 0.1) is 0 Å². The van der Waals surface area contributed by atoms with Gasteiger partial charge in [-0.25, -0.2) is 4.99 Å². The molecule has 1 atom stereocenters. The number of anilines is 1. The minimum atomic E-state index is -0.660. The van der Waals surface area contributed by atoms with Crippen LogP contribution >= 0.6 is 11.3 Å². The zero-order valence-corrected chi connectivity index (χ0v) is 20.5. The zero-order valence-electron chi connectivity index (χ0n) is 19.6. The number of phenols is 1. The van der Waals surface area contributed by atoms with Crippen LogP contribution in [-0.4, -0.2) is 22.7 Å². The number of hydrogen-bond donors (Lipinski definition) is 2. The van der Waals surface area contributed by atoms with Gasteiger partial charge in [0.15, 0.2) is 16.3 Å². The fourth-order valence-electron chi connectivity index (χ4n) is 4.24. The number of methoxy groups -OCH3 is 1. The molecule has 2 N–H and O–H groups in total. The predicted molar refractivity (Wildman–Crippen MR) is 140 cm³/mol. The van der Waals surface area contributed by atoms with Gasteiger partial charge < -0.3 is 15.2 Å². The van der Waals surface area contributed by atoms with E-state index in [0.29, 0.717) is 37.6 Å². The first-order valence-electron chi connectivity index (χ1n) is 11.3. The summed E-state index contributed by atoms with van der Waals surface area (Å²) in [5, 5.41) is 13.5. The van der Waals surface area contributed by atoms with Crippen molar-refractivity contribution in [3.63, 3.8) is 0 Å². The molecule has 1 aliphatic heterocycles. The van der Waals surface area contributed by atoms with Crippen LogP contribution in [0.15, 0.2) is 99.9 Å². The molecule has 36 heavy (non-hydrogen) atoms. The number of aromatic nitrogens is 1. The molecule has 0 unspecified atom stereocenters. The van der Waals surface area contributed by atoms with Gasteiger partial charge in [0, 0.05) is 11.3 Å². The van der Waals surface area contributed by atoms with Crippen molar-refractivity contribution in [2.45, 2.75) is 13.0 Å². The Bertz CT molecular complexity index is 1650. The normalized spacial score (nSPS) is 15.3. The van der Waals surface area contributed by atoms with Crippen molar-refractivity contribution < 1.29 is 14.6 Å². The van der Waals surface area contributed by atoms with Crippen molar-refractivity contribution in [3.8, 4) is 11.5 Å². The third-order valence-corrected chi connectivity index (χ3v) is 6.93. The highest BCUT2D eigenvalue weighted by atomic mass is 32.1. The highest BCUT2D eigenvalue weighted by Crippen LogP contribution is 2.31. The smallest absolute Gasteiger partial charge is 0.271 e. The first-order chi connectivity index (χ1) is 17.5. The van der Waals surface area contributed by atoms with E-state index in [1.807, 2.05) is 48.5 Å². The Kier molecular flexibility index (Phi) is 6.26. The van der Waals surface area contributed by atoms with Crippen molar-refractivity contribution in [1.82, 2.24) is 4.57 Å². The minimum Gasteiger partial charge on any atom is -0.504 e. The number of fused-ring (bicyclic) bond motifs is 1. The molecule has 0 saturated carbocycles. The van der Waals surface area contributed by atoms with Crippen LogP contribution in [0.1, 0.15) is 24.1 Å². The Balaban J connectivity index is 1.68. The number of carbonyl (C=O) groups is 1. The van der Waals surface area contributed by atoms with Gasteiger partial charge in [-0.05, 0) is 36.8 Å². The molecule has 4 aromatic rings. The van der Waals surface area contributed by atoms with E-state index < -0.39 is 6.04 Å². The highest BCUT2D eigenvalue weighted by Gasteiger charge is 2.32. The second kappa shape index (κ2) is 9.67. The summed E-state index contributed by atoms with van der Waals surface area (Å²) in [6, 6.07) is 23.0. The van der Waals surface area contributed by atoms with Crippen LogP contribution in [0.3, 0.4) is 0 Å². The molecule has 5 rings (SSSR count). The summed E-state index contributed by atoms with van der Waals surface area (Å²) in [5.74, 6) is -0.0602. The number of rotatable bonds is 5. The molecule has 2 heterocycles. The molecule has 0 bridgehead atoms. The molecular weight excluding hydrogens is 474 g/mol. The van der Waals surface area contributed by atoms with E-state index in [1.54, 1.807) is 47.9 Å². The van der Waals surface area contributed by atoms with Crippen LogP contribution in [0.5, 0.6) is 11.5 Å². The number of nitrogens with zero attached hydrogens (tertiary/aromatic N) is 2. The number of aromatic hydroxyl groups is 1. The first-order valence-corrected chi connectivity index (χ1v) is 12.1. The zero-order chi connectivity index (χ0) is 25.2. The summed E-state index contributed by atoms with van der Waals surface area (Å²) in [7, 11) is 1.47. The molecule has 0 spiro atoms. The Labute approximate surface area is 211 Å². The lowest BCUT2D eigenvalue weighted by Gasteiger charge is -2.25. The monoisotopic (exact) mass is 497 g/mol. The van der Waals surface area contributed by atoms with E-state index in [0.717, 1.165) is 5.56 Å². The van der Waals surface area contributed by atoms with Crippen molar-refractivity contribution in [2.24, 2.45) is 4.99 Å². The molecule has 7 nitrogen and oxygen atoms in total. The highest BCUT2D eigenvalue weighted by molar-refractivity contribution is 7.07. The lowest BCUT2D eigenvalue weighted by molar-refractivity contribution is -0.113. The summed E-state index contributed by atoms with van der Waals surface area (Å²) in [6.07, 6.45) is 1.62. The van der Waals surface area contributed by atoms with E-state index >= 15 is 0 Å². The minimum absolute atomic E-state index is 0.0513. The number of benzene rings is 3. The number of ether oxygens (including phenoxy) is 1. The number of carbonyl (C=O) groups excluding carboxylic acids is 1. The van der Waals surface area contributed by atoms with Crippen LogP contribution < -0.4 is 24.9 Å². The molecule has 1 amide bonds. The van der Waals surface area contributed by atoms with E-state index in [1.165, 1.54) is 18.4 Å². The Morgan fingerprint density at radius 3 is 2.44 bits per heavy atom. The first kappa shape index (κ1) is 23.3. The molecule has 0 fully saturated rings.